The molecule has 0 bridgehead atoms. The standard InChI is InChI=1S/C12H23N3/c1-2-6-13-7-8-14-11-5-9-15(10-11)12-3-4-12/h2,11-14H,1,3-10H2. The highest BCUT2D eigenvalue weighted by molar-refractivity contribution is 4.91. The van der Waals surface area contributed by atoms with E-state index in [0.717, 1.165) is 31.7 Å². The van der Waals surface area contributed by atoms with Gasteiger partial charge in [-0.25, -0.2) is 0 Å². The van der Waals surface area contributed by atoms with Crippen LogP contribution in [0, 0.1) is 0 Å². The Balaban J connectivity index is 1.50. The highest BCUT2D eigenvalue weighted by Gasteiger charge is 2.33. The quantitative estimate of drug-likeness (QED) is 0.475. The summed E-state index contributed by atoms with van der Waals surface area (Å²) in [6.07, 6.45) is 6.11. The molecule has 1 unspecified atom stereocenters. The Bertz CT molecular complexity index is 201. The molecule has 1 aliphatic heterocycles. The summed E-state index contributed by atoms with van der Waals surface area (Å²) in [5, 5.41) is 6.93. The van der Waals surface area contributed by atoms with Crippen molar-refractivity contribution in [3.05, 3.63) is 12.7 Å². The first-order chi connectivity index (χ1) is 7.40. The van der Waals surface area contributed by atoms with Gasteiger partial charge in [-0.3, -0.25) is 4.90 Å². The zero-order valence-corrected chi connectivity index (χ0v) is 9.54. The van der Waals surface area contributed by atoms with Crippen LogP contribution in [0.1, 0.15) is 19.3 Å². The Morgan fingerprint density at radius 1 is 1.27 bits per heavy atom. The van der Waals surface area contributed by atoms with Crippen LogP contribution in [0.4, 0.5) is 0 Å². The van der Waals surface area contributed by atoms with Crippen molar-refractivity contribution < 1.29 is 0 Å². The lowest BCUT2D eigenvalue weighted by molar-refractivity contribution is 0.317. The Labute approximate surface area is 92.9 Å². The topological polar surface area (TPSA) is 27.3 Å². The van der Waals surface area contributed by atoms with E-state index in [1.54, 1.807) is 0 Å². The SMILES string of the molecule is C=CCNCCNC1CCN(C2CC2)C1. The molecule has 1 heterocycles. The fourth-order valence-corrected chi connectivity index (χ4v) is 2.29. The molecule has 3 heteroatoms. The lowest BCUT2D eigenvalue weighted by Gasteiger charge is -2.15. The molecule has 0 aromatic rings. The molecule has 1 saturated heterocycles. The second kappa shape index (κ2) is 5.64. The normalized spacial score (nSPS) is 27.1. The van der Waals surface area contributed by atoms with Crippen LogP contribution in [0.2, 0.25) is 0 Å². The summed E-state index contributed by atoms with van der Waals surface area (Å²) >= 11 is 0. The van der Waals surface area contributed by atoms with E-state index in [2.05, 4.69) is 22.1 Å². The van der Waals surface area contributed by atoms with Crippen LogP contribution < -0.4 is 10.6 Å². The third-order valence-corrected chi connectivity index (χ3v) is 3.31. The fraction of sp³-hybridized carbons (Fsp3) is 0.833. The zero-order chi connectivity index (χ0) is 10.5. The van der Waals surface area contributed by atoms with Crippen LogP contribution in [0.15, 0.2) is 12.7 Å². The molecule has 0 aromatic carbocycles. The maximum atomic E-state index is 3.68. The molecule has 3 nitrogen and oxygen atoms in total. The summed E-state index contributed by atoms with van der Waals surface area (Å²) < 4.78 is 0. The van der Waals surface area contributed by atoms with E-state index < -0.39 is 0 Å². The Morgan fingerprint density at radius 2 is 2.13 bits per heavy atom. The van der Waals surface area contributed by atoms with Gasteiger partial charge >= 0.3 is 0 Å². The molecule has 1 aliphatic carbocycles. The lowest BCUT2D eigenvalue weighted by atomic mass is 10.2. The van der Waals surface area contributed by atoms with Crippen molar-refractivity contribution >= 4 is 0 Å². The Hall–Kier alpha value is -0.380. The summed E-state index contributed by atoms with van der Waals surface area (Å²) in [5.74, 6) is 0. The molecular weight excluding hydrogens is 186 g/mol. The minimum Gasteiger partial charge on any atom is -0.312 e. The van der Waals surface area contributed by atoms with E-state index in [9.17, 15) is 0 Å². The van der Waals surface area contributed by atoms with Crippen molar-refractivity contribution in [3.8, 4) is 0 Å². The minimum absolute atomic E-state index is 0.733. The van der Waals surface area contributed by atoms with Gasteiger partial charge in [-0.05, 0) is 19.3 Å². The van der Waals surface area contributed by atoms with Gasteiger partial charge in [0.25, 0.3) is 0 Å². The van der Waals surface area contributed by atoms with Gasteiger partial charge in [0, 0.05) is 44.8 Å². The summed E-state index contributed by atoms with van der Waals surface area (Å²) in [5.41, 5.74) is 0. The Kier molecular flexibility index (Phi) is 4.18. The van der Waals surface area contributed by atoms with Crippen molar-refractivity contribution in [3.63, 3.8) is 0 Å². The molecule has 1 saturated carbocycles. The summed E-state index contributed by atoms with van der Waals surface area (Å²) in [6.45, 7) is 9.31. The van der Waals surface area contributed by atoms with Crippen molar-refractivity contribution in [2.24, 2.45) is 0 Å². The zero-order valence-electron chi connectivity index (χ0n) is 9.54. The average Bonchev–Trinajstić information content (AvgIpc) is 2.99. The van der Waals surface area contributed by atoms with Crippen LogP contribution in [-0.4, -0.2) is 49.7 Å². The van der Waals surface area contributed by atoms with E-state index >= 15 is 0 Å². The highest BCUT2D eigenvalue weighted by Crippen LogP contribution is 2.29. The van der Waals surface area contributed by atoms with Crippen molar-refractivity contribution in [1.82, 2.24) is 15.5 Å². The van der Waals surface area contributed by atoms with E-state index in [1.165, 1.54) is 32.4 Å². The predicted octanol–water partition coefficient (Wildman–Crippen LogP) is 0.588. The average molecular weight is 209 g/mol. The molecule has 0 radical (unpaired) electrons. The number of nitrogens with one attached hydrogen (secondary N) is 2. The van der Waals surface area contributed by atoms with E-state index in [-0.39, 0.29) is 0 Å². The van der Waals surface area contributed by atoms with Gasteiger partial charge in [0.05, 0.1) is 0 Å². The van der Waals surface area contributed by atoms with Gasteiger partial charge < -0.3 is 10.6 Å². The molecule has 15 heavy (non-hydrogen) atoms. The van der Waals surface area contributed by atoms with E-state index in [0.29, 0.717) is 0 Å². The van der Waals surface area contributed by atoms with Gasteiger partial charge in [0.15, 0.2) is 0 Å². The fourth-order valence-electron chi connectivity index (χ4n) is 2.29. The second-order valence-electron chi connectivity index (χ2n) is 4.66. The predicted molar refractivity (Wildman–Crippen MR) is 64.1 cm³/mol. The van der Waals surface area contributed by atoms with Crippen LogP contribution in [0.5, 0.6) is 0 Å². The third-order valence-electron chi connectivity index (χ3n) is 3.31. The molecule has 86 valence electrons. The van der Waals surface area contributed by atoms with Crippen molar-refractivity contribution in [2.75, 3.05) is 32.7 Å². The van der Waals surface area contributed by atoms with Gasteiger partial charge in [0.2, 0.25) is 0 Å². The van der Waals surface area contributed by atoms with Gasteiger partial charge in [-0.2, -0.15) is 0 Å². The molecule has 0 aromatic heterocycles. The monoisotopic (exact) mass is 209 g/mol. The maximum Gasteiger partial charge on any atom is 0.0207 e. The smallest absolute Gasteiger partial charge is 0.0207 e. The molecule has 0 spiro atoms. The third kappa shape index (κ3) is 3.59. The van der Waals surface area contributed by atoms with Crippen LogP contribution in [0.25, 0.3) is 0 Å². The van der Waals surface area contributed by atoms with Crippen molar-refractivity contribution in [1.29, 1.82) is 0 Å². The summed E-state index contributed by atoms with van der Waals surface area (Å²) in [7, 11) is 0. The molecule has 2 rings (SSSR count). The molecule has 2 N–H and O–H groups in total. The van der Waals surface area contributed by atoms with E-state index in [1.807, 2.05) is 6.08 Å². The lowest BCUT2D eigenvalue weighted by Crippen LogP contribution is -2.37. The molecule has 2 fully saturated rings. The van der Waals surface area contributed by atoms with Gasteiger partial charge in [-0.15, -0.1) is 6.58 Å². The van der Waals surface area contributed by atoms with Crippen LogP contribution in [-0.2, 0) is 0 Å². The van der Waals surface area contributed by atoms with Crippen LogP contribution in [0.3, 0.4) is 0 Å². The van der Waals surface area contributed by atoms with Gasteiger partial charge in [-0.1, -0.05) is 6.08 Å². The van der Waals surface area contributed by atoms with E-state index in [4.69, 9.17) is 0 Å². The molecule has 2 aliphatic rings. The molecule has 0 amide bonds. The number of likely N-dealkylation sites (tertiary alicyclic amines) is 1. The number of hydrogen-bond donors (Lipinski definition) is 2. The van der Waals surface area contributed by atoms with Crippen molar-refractivity contribution in [2.45, 2.75) is 31.3 Å². The number of rotatable bonds is 7. The molecular formula is C12H23N3. The minimum atomic E-state index is 0.733. The first-order valence-electron chi connectivity index (χ1n) is 6.19. The first-order valence-corrected chi connectivity index (χ1v) is 6.19. The van der Waals surface area contributed by atoms with Gasteiger partial charge in [0.1, 0.15) is 0 Å². The summed E-state index contributed by atoms with van der Waals surface area (Å²) in [6, 6.07) is 1.67. The highest BCUT2D eigenvalue weighted by atomic mass is 15.2. The van der Waals surface area contributed by atoms with Crippen LogP contribution >= 0.6 is 0 Å². The Morgan fingerprint density at radius 3 is 2.87 bits per heavy atom. The maximum absolute atomic E-state index is 3.68. The second-order valence-corrected chi connectivity index (χ2v) is 4.66. The largest absolute Gasteiger partial charge is 0.312 e. The number of nitrogens with zero attached hydrogens (tertiary/aromatic N) is 1. The number of hydrogen-bond acceptors (Lipinski definition) is 3. The first kappa shape index (κ1) is 11.1. The summed E-state index contributed by atoms with van der Waals surface area (Å²) in [4.78, 5) is 2.65. The molecule has 1 atom stereocenters.